The van der Waals surface area contributed by atoms with Crippen LogP contribution in [-0.2, 0) is 4.79 Å². The van der Waals surface area contributed by atoms with Crippen LogP contribution in [0.25, 0.3) is 0 Å². The van der Waals surface area contributed by atoms with Gasteiger partial charge in [0.1, 0.15) is 0 Å². The maximum Gasteiger partial charge on any atom is 0.234 e. The second-order valence-electron chi connectivity index (χ2n) is 4.03. The molecule has 0 saturated heterocycles. The third-order valence-electron chi connectivity index (χ3n) is 2.47. The molecule has 0 aliphatic carbocycles. The molecule has 0 radical (unpaired) electrons. The van der Waals surface area contributed by atoms with Crippen LogP contribution in [0.5, 0.6) is 0 Å². The zero-order valence-corrected chi connectivity index (χ0v) is 11.2. The van der Waals surface area contributed by atoms with E-state index in [0.717, 1.165) is 12.1 Å². The molecule has 0 aliphatic rings. The molecular formula is C12H14F3NO2S. The molecule has 1 amide bonds. The molecule has 3 nitrogen and oxygen atoms in total. The molecule has 2 unspecified atom stereocenters. The average molecular weight is 293 g/mol. The van der Waals surface area contributed by atoms with E-state index in [-0.39, 0.29) is 11.0 Å². The molecular weight excluding hydrogens is 279 g/mol. The summed E-state index contributed by atoms with van der Waals surface area (Å²) in [7, 11) is 0. The number of carbonyl (C=O) groups is 1. The van der Waals surface area contributed by atoms with Crippen molar-refractivity contribution in [3.05, 3.63) is 29.6 Å². The highest BCUT2D eigenvalue weighted by atomic mass is 32.2. The van der Waals surface area contributed by atoms with Crippen molar-refractivity contribution in [2.24, 2.45) is 0 Å². The molecule has 19 heavy (non-hydrogen) atoms. The number of nitrogens with one attached hydrogen (secondary N) is 1. The predicted molar refractivity (Wildman–Crippen MR) is 68.5 cm³/mol. The Hall–Kier alpha value is -1.21. The van der Waals surface area contributed by atoms with Crippen molar-refractivity contribution in [2.75, 3.05) is 11.1 Å². The SMILES string of the molecule is CC(O)C(C)SCC(=O)Nc1ccc(F)c(F)c1F. The Kier molecular flexibility index (Phi) is 5.68. The monoisotopic (exact) mass is 293 g/mol. The van der Waals surface area contributed by atoms with E-state index in [9.17, 15) is 23.1 Å². The molecule has 0 aromatic heterocycles. The van der Waals surface area contributed by atoms with Gasteiger partial charge in [-0.05, 0) is 19.1 Å². The van der Waals surface area contributed by atoms with Crippen molar-refractivity contribution in [3.8, 4) is 0 Å². The van der Waals surface area contributed by atoms with Crippen LogP contribution in [0, 0.1) is 17.5 Å². The van der Waals surface area contributed by atoms with Gasteiger partial charge < -0.3 is 10.4 Å². The van der Waals surface area contributed by atoms with Crippen LogP contribution in [0.1, 0.15) is 13.8 Å². The minimum atomic E-state index is -1.62. The number of carbonyl (C=O) groups excluding carboxylic acids is 1. The number of halogens is 3. The van der Waals surface area contributed by atoms with Crippen molar-refractivity contribution in [3.63, 3.8) is 0 Å². The fourth-order valence-electron chi connectivity index (χ4n) is 1.16. The summed E-state index contributed by atoms with van der Waals surface area (Å²) < 4.78 is 38.9. The lowest BCUT2D eigenvalue weighted by molar-refractivity contribution is -0.113. The summed E-state index contributed by atoms with van der Waals surface area (Å²) in [5.74, 6) is -4.94. The topological polar surface area (TPSA) is 49.3 Å². The smallest absolute Gasteiger partial charge is 0.234 e. The highest BCUT2D eigenvalue weighted by Crippen LogP contribution is 2.20. The maximum atomic E-state index is 13.3. The van der Waals surface area contributed by atoms with Crippen molar-refractivity contribution in [1.29, 1.82) is 0 Å². The third kappa shape index (κ3) is 4.43. The minimum absolute atomic E-state index is 0.0233. The summed E-state index contributed by atoms with van der Waals surface area (Å²) in [5.41, 5.74) is -0.408. The first-order valence-corrected chi connectivity index (χ1v) is 6.60. The molecule has 0 spiro atoms. The fourth-order valence-corrected chi connectivity index (χ4v) is 1.92. The lowest BCUT2D eigenvalue weighted by atomic mass is 10.3. The number of aliphatic hydroxyl groups excluding tert-OH is 1. The van der Waals surface area contributed by atoms with Crippen LogP contribution < -0.4 is 5.32 Å². The first-order chi connectivity index (χ1) is 8.82. The summed E-state index contributed by atoms with van der Waals surface area (Å²) >= 11 is 1.17. The number of thioether (sulfide) groups is 1. The molecule has 2 atom stereocenters. The molecule has 2 N–H and O–H groups in total. The highest BCUT2D eigenvalue weighted by Gasteiger charge is 2.16. The molecule has 0 bridgehead atoms. The van der Waals surface area contributed by atoms with Crippen molar-refractivity contribution in [2.45, 2.75) is 25.2 Å². The molecule has 0 saturated carbocycles. The Balaban J connectivity index is 2.61. The van der Waals surface area contributed by atoms with E-state index in [1.165, 1.54) is 11.8 Å². The molecule has 7 heteroatoms. The van der Waals surface area contributed by atoms with E-state index in [2.05, 4.69) is 5.32 Å². The summed E-state index contributed by atoms with van der Waals surface area (Å²) in [6.45, 7) is 3.32. The summed E-state index contributed by atoms with van der Waals surface area (Å²) in [6, 6.07) is 1.69. The average Bonchev–Trinajstić information content (AvgIpc) is 2.36. The lowest BCUT2D eigenvalue weighted by Gasteiger charge is -2.14. The van der Waals surface area contributed by atoms with Gasteiger partial charge in [0.2, 0.25) is 5.91 Å². The van der Waals surface area contributed by atoms with Crippen LogP contribution >= 0.6 is 11.8 Å². The Morgan fingerprint density at radius 3 is 2.53 bits per heavy atom. The van der Waals surface area contributed by atoms with E-state index in [4.69, 9.17) is 0 Å². The Morgan fingerprint density at radius 1 is 1.32 bits per heavy atom. The van der Waals surface area contributed by atoms with Gasteiger partial charge in [-0.2, -0.15) is 0 Å². The standard InChI is InChI=1S/C12H14F3NO2S/c1-6(17)7(2)19-5-10(18)16-9-4-3-8(13)11(14)12(9)15/h3-4,6-7,17H,5H2,1-2H3,(H,16,18). The Labute approximate surface area is 113 Å². The van der Waals surface area contributed by atoms with Gasteiger partial charge in [-0.1, -0.05) is 6.92 Å². The first kappa shape index (κ1) is 15.8. The van der Waals surface area contributed by atoms with Gasteiger partial charge >= 0.3 is 0 Å². The van der Waals surface area contributed by atoms with Crippen LogP contribution in [0.2, 0.25) is 0 Å². The van der Waals surface area contributed by atoms with Gasteiger partial charge in [-0.25, -0.2) is 13.2 Å². The number of rotatable bonds is 5. The molecule has 0 fully saturated rings. The van der Waals surface area contributed by atoms with Crippen molar-refractivity contribution < 1.29 is 23.1 Å². The Morgan fingerprint density at radius 2 is 1.95 bits per heavy atom. The van der Waals surface area contributed by atoms with Crippen molar-refractivity contribution in [1.82, 2.24) is 0 Å². The normalized spacial score (nSPS) is 14.0. The van der Waals surface area contributed by atoms with E-state index >= 15 is 0 Å². The van der Waals surface area contributed by atoms with Gasteiger partial charge in [0.15, 0.2) is 17.5 Å². The quantitative estimate of drug-likeness (QED) is 0.820. The number of hydrogen-bond donors (Lipinski definition) is 2. The predicted octanol–water partition coefficient (Wildman–Crippen LogP) is 2.54. The molecule has 1 rings (SSSR count). The maximum absolute atomic E-state index is 13.3. The van der Waals surface area contributed by atoms with E-state index < -0.39 is 35.2 Å². The second kappa shape index (κ2) is 6.81. The van der Waals surface area contributed by atoms with E-state index in [0.29, 0.717) is 0 Å². The molecule has 1 aromatic carbocycles. The summed E-state index contributed by atoms with van der Waals surface area (Å²) in [4.78, 5) is 11.5. The molecule has 0 aliphatic heterocycles. The largest absolute Gasteiger partial charge is 0.392 e. The zero-order chi connectivity index (χ0) is 14.6. The van der Waals surface area contributed by atoms with Crippen LogP contribution in [-0.4, -0.2) is 28.1 Å². The van der Waals surface area contributed by atoms with Gasteiger partial charge in [-0.3, -0.25) is 4.79 Å². The van der Waals surface area contributed by atoms with E-state index in [1.807, 2.05) is 0 Å². The van der Waals surface area contributed by atoms with Gasteiger partial charge in [0.25, 0.3) is 0 Å². The number of aliphatic hydroxyl groups is 1. The third-order valence-corrected chi connectivity index (χ3v) is 3.81. The molecule has 0 heterocycles. The number of anilines is 1. The number of hydrogen-bond acceptors (Lipinski definition) is 3. The minimum Gasteiger partial charge on any atom is -0.392 e. The van der Waals surface area contributed by atoms with E-state index in [1.54, 1.807) is 13.8 Å². The molecule has 106 valence electrons. The number of amides is 1. The number of benzene rings is 1. The van der Waals surface area contributed by atoms with Crippen LogP contribution in [0.15, 0.2) is 12.1 Å². The highest BCUT2D eigenvalue weighted by molar-refractivity contribution is 8.00. The van der Waals surface area contributed by atoms with Gasteiger partial charge in [-0.15, -0.1) is 11.8 Å². The Bertz CT molecular complexity index is 469. The molecule has 1 aromatic rings. The zero-order valence-electron chi connectivity index (χ0n) is 10.4. The van der Waals surface area contributed by atoms with Crippen LogP contribution in [0.4, 0.5) is 18.9 Å². The fraction of sp³-hybridized carbons (Fsp3) is 0.417. The first-order valence-electron chi connectivity index (χ1n) is 5.56. The second-order valence-corrected chi connectivity index (χ2v) is 5.39. The lowest BCUT2D eigenvalue weighted by Crippen LogP contribution is -2.21. The van der Waals surface area contributed by atoms with Crippen LogP contribution in [0.3, 0.4) is 0 Å². The summed E-state index contributed by atoms with van der Waals surface area (Å²) in [6.07, 6.45) is -0.585. The summed E-state index contributed by atoms with van der Waals surface area (Å²) in [5, 5.41) is 11.2. The van der Waals surface area contributed by atoms with Crippen molar-refractivity contribution >= 4 is 23.4 Å². The van der Waals surface area contributed by atoms with Gasteiger partial charge in [0, 0.05) is 5.25 Å². The van der Waals surface area contributed by atoms with Gasteiger partial charge in [0.05, 0.1) is 17.5 Å².